The zero-order chi connectivity index (χ0) is 20.8. The molecule has 4 rings (SSSR count). The van der Waals surface area contributed by atoms with Crippen molar-refractivity contribution in [1.29, 1.82) is 0 Å². The summed E-state index contributed by atoms with van der Waals surface area (Å²) in [5.41, 5.74) is 0.880. The van der Waals surface area contributed by atoms with E-state index in [-0.39, 0.29) is 42.0 Å². The van der Waals surface area contributed by atoms with Crippen LogP contribution in [0.5, 0.6) is 5.75 Å². The Bertz CT molecular complexity index is 1070. The smallest absolute Gasteiger partial charge is 0.264 e. The molecule has 1 unspecified atom stereocenters. The maximum absolute atomic E-state index is 13.3. The van der Waals surface area contributed by atoms with Gasteiger partial charge < -0.3 is 9.64 Å². The zero-order valence-electron chi connectivity index (χ0n) is 15.1. The molecular weight excluding hydrogens is 442 g/mol. The Balaban J connectivity index is 1.40. The normalized spacial score (nSPS) is 19.7. The van der Waals surface area contributed by atoms with Crippen molar-refractivity contribution >= 4 is 39.1 Å². The van der Waals surface area contributed by atoms with E-state index in [0.29, 0.717) is 17.2 Å². The van der Waals surface area contributed by atoms with E-state index >= 15 is 0 Å². The maximum Gasteiger partial charge on any atom is 0.264 e. The predicted octanol–water partition coefficient (Wildman–Crippen LogP) is 2.97. The Morgan fingerprint density at radius 3 is 2.48 bits per heavy atom. The summed E-state index contributed by atoms with van der Waals surface area (Å²) in [7, 11) is -3.82. The van der Waals surface area contributed by atoms with Crippen LogP contribution in [-0.4, -0.2) is 55.8 Å². The summed E-state index contributed by atoms with van der Waals surface area (Å²) in [6, 6.07) is 8.53. The molecule has 2 heterocycles. The first-order chi connectivity index (χ1) is 13.8. The van der Waals surface area contributed by atoms with Gasteiger partial charge in [0.1, 0.15) is 11.6 Å². The van der Waals surface area contributed by atoms with E-state index in [9.17, 15) is 17.6 Å². The highest BCUT2D eigenvalue weighted by molar-refractivity contribution is 7.89. The lowest BCUT2D eigenvalue weighted by Gasteiger charge is -2.35. The molecule has 0 radical (unpaired) electrons. The van der Waals surface area contributed by atoms with Gasteiger partial charge in [-0.25, -0.2) is 12.8 Å². The van der Waals surface area contributed by atoms with Gasteiger partial charge in [-0.15, -0.1) is 0 Å². The molecule has 2 aromatic rings. The SMILES string of the molecule is O=C(C1Cc2cc(Cl)ccc2O1)N1CCN(S(=O)(=O)c2ccc(F)c(Cl)c2)CC1. The molecule has 0 aliphatic carbocycles. The lowest BCUT2D eigenvalue weighted by atomic mass is 10.1. The molecule has 0 saturated carbocycles. The lowest BCUT2D eigenvalue weighted by molar-refractivity contribution is -0.139. The van der Waals surface area contributed by atoms with Crippen LogP contribution in [0.1, 0.15) is 5.56 Å². The second-order valence-electron chi connectivity index (χ2n) is 6.87. The van der Waals surface area contributed by atoms with E-state index in [1.165, 1.54) is 10.4 Å². The number of carbonyl (C=O) groups is 1. The number of sulfonamides is 1. The van der Waals surface area contributed by atoms with Gasteiger partial charge in [0.15, 0.2) is 6.10 Å². The molecule has 1 amide bonds. The van der Waals surface area contributed by atoms with E-state index in [1.807, 2.05) is 0 Å². The second kappa shape index (κ2) is 7.75. The van der Waals surface area contributed by atoms with Crippen LogP contribution in [0.4, 0.5) is 4.39 Å². The summed E-state index contributed by atoms with van der Waals surface area (Å²) in [6.07, 6.45) is -0.205. The molecule has 0 aromatic heterocycles. The number of hydrogen-bond acceptors (Lipinski definition) is 4. The number of rotatable bonds is 3. The summed E-state index contributed by atoms with van der Waals surface area (Å²) in [4.78, 5) is 14.3. The van der Waals surface area contributed by atoms with Crippen molar-refractivity contribution in [2.75, 3.05) is 26.2 Å². The average Bonchev–Trinajstić information content (AvgIpc) is 3.12. The fourth-order valence-corrected chi connectivity index (χ4v) is 5.38. The Labute approximate surface area is 177 Å². The van der Waals surface area contributed by atoms with Crippen molar-refractivity contribution < 1.29 is 22.3 Å². The van der Waals surface area contributed by atoms with Crippen LogP contribution in [-0.2, 0) is 21.2 Å². The maximum atomic E-state index is 13.3. The fourth-order valence-electron chi connectivity index (χ4n) is 3.49. The Morgan fingerprint density at radius 2 is 1.79 bits per heavy atom. The number of hydrogen-bond donors (Lipinski definition) is 0. The van der Waals surface area contributed by atoms with Gasteiger partial charge in [-0.2, -0.15) is 4.31 Å². The molecular formula is C19H17Cl2FN2O4S. The van der Waals surface area contributed by atoms with Gasteiger partial charge in [-0.05, 0) is 42.0 Å². The van der Waals surface area contributed by atoms with Gasteiger partial charge in [0.05, 0.1) is 9.92 Å². The fraction of sp³-hybridized carbons (Fsp3) is 0.316. The van der Waals surface area contributed by atoms with Gasteiger partial charge in [-0.1, -0.05) is 23.2 Å². The first kappa shape index (κ1) is 20.4. The van der Waals surface area contributed by atoms with Crippen molar-refractivity contribution in [3.63, 3.8) is 0 Å². The van der Waals surface area contributed by atoms with E-state index in [2.05, 4.69) is 0 Å². The van der Waals surface area contributed by atoms with Crippen molar-refractivity contribution in [3.8, 4) is 5.75 Å². The first-order valence-electron chi connectivity index (χ1n) is 8.95. The number of carbonyl (C=O) groups excluding carboxylic acids is 1. The molecule has 154 valence electrons. The van der Waals surface area contributed by atoms with Crippen LogP contribution in [0.15, 0.2) is 41.3 Å². The molecule has 29 heavy (non-hydrogen) atoms. The topological polar surface area (TPSA) is 66.9 Å². The molecule has 0 N–H and O–H groups in total. The number of amides is 1. The molecule has 2 aliphatic heterocycles. The highest BCUT2D eigenvalue weighted by Crippen LogP contribution is 2.32. The Kier molecular flexibility index (Phi) is 5.46. The molecule has 2 aliphatic rings. The number of halogens is 3. The zero-order valence-corrected chi connectivity index (χ0v) is 17.5. The molecule has 10 heteroatoms. The van der Waals surface area contributed by atoms with Crippen molar-refractivity contribution in [2.24, 2.45) is 0 Å². The average molecular weight is 459 g/mol. The van der Waals surface area contributed by atoms with Crippen LogP contribution in [0.25, 0.3) is 0 Å². The third-order valence-electron chi connectivity index (χ3n) is 5.05. The van der Waals surface area contributed by atoms with Gasteiger partial charge in [0.25, 0.3) is 5.91 Å². The van der Waals surface area contributed by atoms with E-state index in [0.717, 1.165) is 17.7 Å². The molecule has 1 atom stereocenters. The molecule has 6 nitrogen and oxygen atoms in total. The van der Waals surface area contributed by atoms with Gasteiger partial charge in [0.2, 0.25) is 10.0 Å². The highest BCUT2D eigenvalue weighted by Gasteiger charge is 2.36. The van der Waals surface area contributed by atoms with Crippen molar-refractivity contribution in [1.82, 2.24) is 9.21 Å². The Morgan fingerprint density at radius 1 is 1.07 bits per heavy atom. The van der Waals surface area contributed by atoms with E-state index in [4.69, 9.17) is 27.9 Å². The third-order valence-corrected chi connectivity index (χ3v) is 7.47. The first-order valence-corrected chi connectivity index (χ1v) is 11.1. The van der Waals surface area contributed by atoms with Gasteiger partial charge in [-0.3, -0.25) is 4.79 Å². The van der Waals surface area contributed by atoms with Crippen LogP contribution in [0.2, 0.25) is 10.0 Å². The lowest BCUT2D eigenvalue weighted by Crippen LogP contribution is -2.53. The van der Waals surface area contributed by atoms with Crippen LogP contribution in [0, 0.1) is 5.82 Å². The molecule has 0 spiro atoms. The summed E-state index contributed by atoms with van der Waals surface area (Å²) < 4.78 is 45.9. The second-order valence-corrected chi connectivity index (χ2v) is 9.65. The summed E-state index contributed by atoms with van der Waals surface area (Å²) in [5, 5.41) is 0.332. The monoisotopic (exact) mass is 458 g/mol. The predicted molar refractivity (Wildman–Crippen MR) is 106 cm³/mol. The van der Waals surface area contributed by atoms with Crippen molar-refractivity contribution in [2.45, 2.75) is 17.4 Å². The number of ether oxygens (including phenoxy) is 1. The van der Waals surface area contributed by atoms with Crippen LogP contribution in [0.3, 0.4) is 0 Å². The highest BCUT2D eigenvalue weighted by atomic mass is 35.5. The van der Waals surface area contributed by atoms with Gasteiger partial charge in [0, 0.05) is 37.6 Å². The quantitative estimate of drug-likeness (QED) is 0.708. The van der Waals surface area contributed by atoms with Crippen molar-refractivity contribution in [3.05, 3.63) is 57.8 Å². The minimum absolute atomic E-state index is 0.0740. The summed E-state index contributed by atoms with van der Waals surface area (Å²) in [5.74, 6) is -0.221. The molecule has 1 fully saturated rings. The Hall–Kier alpha value is -1.87. The number of nitrogens with zero attached hydrogens (tertiary/aromatic N) is 2. The molecule has 1 saturated heterocycles. The molecule has 2 aromatic carbocycles. The molecule has 0 bridgehead atoms. The summed E-state index contributed by atoms with van der Waals surface area (Å²) >= 11 is 11.7. The standard InChI is InChI=1S/C19H17Cl2FN2O4S/c20-13-1-4-17-12(9-13)10-18(28-17)19(25)23-5-7-24(8-6-23)29(26,27)14-2-3-16(22)15(21)11-14/h1-4,9,11,18H,5-8,10H2. The number of benzene rings is 2. The van der Waals surface area contributed by atoms with Gasteiger partial charge >= 0.3 is 0 Å². The number of fused-ring (bicyclic) bond motifs is 1. The third kappa shape index (κ3) is 3.94. The minimum atomic E-state index is -3.82. The van der Waals surface area contributed by atoms with E-state index < -0.39 is 21.9 Å². The number of piperazine rings is 1. The van der Waals surface area contributed by atoms with Crippen LogP contribution < -0.4 is 4.74 Å². The minimum Gasteiger partial charge on any atom is -0.480 e. The largest absolute Gasteiger partial charge is 0.480 e. The summed E-state index contributed by atoms with van der Waals surface area (Å²) in [6.45, 7) is 0.747. The van der Waals surface area contributed by atoms with E-state index in [1.54, 1.807) is 23.1 Å². The van der Waals surface area contributed by atoms with Crippen LogP contribution >= 0.6 is 23.2 Å².